The highest BCUT2D eigenvalue weighted by molar-refractivity contribution is 4.94. The van der Waals surface area contributed by atoms with E-state index in [-0.39, 0.29) is 0 Å². The van der Waals surface area contributed by atoms with E-state index >= 15 is 0 Å². The van der Waals surface area contributed by atoms with Crippen LogP contribution < -0.4 is 0 Å². The molecule has 0 saturated heterocycles. The summed E-state index contributed by atoms with van der Waals surface area (Å²) in [6.07, 6.45) is 9.13. The molecule has 0 aromatic rings. The Balaban J connectivity index is 2.05. The fourth-order valence-corrected chi connectivity index (χ4v) is 3.57. The molecule has 2 aliphatic rings. The Morgan fingerprint density at radius 3 is 1.85 bits per heavy atom. The lowest BCUT2D eigenvalue weighted by Gasteiger charge is -2.29. The first-order valence-electron chi connectivity index (χ1n) is 6.12. The number of fused-ring (bicyclic) bond motifs is 1. The average Bonchev–Trinajstić information content (AvgIpc) is 2.42. The summed E-state index contributed by atoms with van der Waals surface area (Å²) in [6, 6.07) is 0. The third-order valence-electron chi connectivity index (χ3n) is 4.92. The molecule has 0 aromatic carbocycles. The van der Waals surface area contributed by atoms with Crippen molar-refractivity contribution in [1.29, 1.82) is 0 Å². The predicted octanol–water partition coefficient (Wildman–Crippen LogP) is 4.25. The maximum Gasteiger partial charge on any atom is -0.0297 e. The predicted molar refractivity (Wildman–Crippen MR) is 57.6 cm³/mol. The Kier molecular flexibility index (Phi) is 2.42. The van der Waals surface area contributed by atoms with E-state index in [9.17, 15) is 0 Å². The first kappa shape index (κ1) is 9.55. The highest BCUT2D eigenvalue weighted by Crippen LogP contribution is 2.54. The zero-order valence-corrected chi connectivity index (χ0v) is 9.47. The van der Waals surface area contributed by atoms with Crippen LogP contribution in [0, 0.1) is 23.2 Å². The molecule has 13 heavy (non-hydrogen) atoms. The molecule has 0 heterocycles. The van der Waals surface area contributed by atoms with Crippen molar-refractivity contribution in [3.05, 3.63) is 0 Å². The van der Waals surface area contributed by atoms with Gasteiger partial charge >= 0.3 is 0 Å². The normalized spacial score (nSPS) is 45.2. The van der Waals surface area contributed by atoms with Crippen molar-refractivity contribution in [2.24, 2.45) is 23.2 Å². The first-order chi connectivity index (χ1) is 6.12. The smallest absolute Gasteiger partial charge is 0.0297 e. The summed E-state index contributed by atoms with van der Waals surface area (Å²) in [5.41, 5.74) is 0.680. The molecular formula is C13H24. The van der Waals surface area contributed by atoms with Crippen LogP contribution in [0.5, 0.6) is 0 Å². The first-order valence-corrected chi connectivity index (χ1v) is 6.12. The molecule has 0 aromatic heterocycles. The van der Waals surface area contributed by atoms with Gasteiger partial charge in [-0.3, -0.25) is 0 Å². The summed E-state index contributed by atoms with van der Waals surface area (Å²) in [5, 5.41) is 0. The quantitative estimate of drug-likeness (QED) is 0.566. The molecule has 2 aliphatic carbocycles. The van der Waals surface area contributed by atoms with E-state index < -0.39 is 0 Å². The van der Waals surface area contributed by atoms with E-state index in [2.05, 4.69) is 20.8 Å². The molecule has 0 bridgehead atoms. The molecule has 0 aliphatic heterocycles. The summed E-state index contributed by atoms with van der Waals surface area (Å²) in [5.74, 6) is 3.08. The van der Waals surface area contributed by atoms with Crippen molar-refractivity contribution in [3.8, 4) is 0 Å². The lowest BCUT2D eigenvalue weighted by molar-refractivity contribution is 0.214. The Labute approximate surface area is 83.1 Å². The van der Waals surface area contributed by atoms with E-state index in [0.29, 0.717) is 5.41 Å². The van der Waals surface area contributed by atoms with E-state index in [1.54, 1.807) is 0 Å². The van der Waals surface area contributed by atoms with Crippen LogP contribution in [0.4, 0.5) is 0 Å². The topological polar surface area (TPSA) is 0 Å². The molecule has 76 valence electrons. The van der Waals surface area contributed by atoms with Gasteiger partial charge in [-0.05, 0) is 36.0 Å². The van der Waals surface area contributed by atoms with Crippen LogP contribution in [-0.4, -0.2) is 0 Å². The number of hydrogen-bond donors (Lipinski definition) is 0. The molecular weight excluding hydrogens is 156 g/mol. The van der Waals surface area contributed by atoms with Gasteiger partial charge in [0.2, 0.25) is 0 Å². The summed E-state index contributed by atoms with van der Waals surface area (Å²) < 4.78 is 0. The Morgan fingerprint density at radius 2 is 1.46 bits per heavy atom. The van der Waals surface area contributed by atoms with Crippen LogP contribution in [0.3, 0.4) is 0 Å². The van der Waals surface area contributed by atoms with Crippen molar-refractivity contribution in [3.63, 3.8) is 0 Å². The van der Waals surface area contributed by atoms with Gasteiger partial charge in [-0.1, -0.05) is 46.5 Å². The van der Waals surface area contributed by atoms with E-state index in [0.717, 1.165) is 17.8 Å². The van der Waals surface area contributed by atoms with Gasteiger partial charge in [0.25, 0.3) is 0 Å². The van der Waals surface area contributed by atoms with Gasteiger partial charge in [0.05, 0.1) is 0 Å². The van der Waals surface area contributed by atoms with Crippen LogP contribution in [0.15, 0.2) is 0 Å². The standard InChI is InChI=1S/C13H24/c1-10(2)13(3)8-11-6-4-5-7-12(11)9-13/h10-12H,4-9H2,1-3H3. The minimum absolute atomic E-state index is 0.680. The zero-order valence-electron chi connectivity index (χ0n) is 9.47. The third kappa shape index (κ3) is 1.65. The van der Waals surface area contributed by atoms with Crippen molar-refractivity contribution >= 4 is 0 Å². The molecule has 2 saturated carbocycles. The Morgan fingerprint density at radius 1 is 1.00 bits per heavy atom. The van der Waals surface area contributed by atoms with Crippen molar-refractivity contribution in [2.45, 2.75) is 59.3 Å². The number of rotatable bonds is 1. The summed E-state index contributed by atoms with van der Waals surface area (Å²) in [4.78, 5) is 0. The molecule has 2 rings (SSSR count). The maximum absolute atomic E-state index is 2.52. The monoisotopic (exact) mass is 180 g/mol. The SMILES string of the molecule is CC(C)C1(C)CC2CCCCC2C1. The van der Waals surface area contributed by atoms with Crippen LogP contribution in [0.25, 0.3) is 0 Å². The maximum atomic E-state index is 2.52. The van der Waals surface area contributed by atoms with Gasteiger partial charge in [0, 0.05) is 0 Å². The molecule has 2 atom stereocenters. The van der Waals surface area contributed by atoms with Crippen molar-refractivity contribution in [2.75, 3.05) is 0 Å². The van der Waals surface area contributed by atoms with E-state index in [4.69, 9.17) is 0 Å². The van der Waals surface area contributed by atoms with Crippen molar-refractivity contribution < 1.29 is 0 Å². The van der Waals surface area contributed by atoms with E-state index in [1.807, 2.05) is 0 Å². The molecule has 0 nitrogen and oxygen atoms in total. The highest BCUT2D eigenvalue weighted by atomic mass is 14.5. The van der Waals surface area contributed by atoms with Crippen LogP contribution in [-0.2, 0) is 0 Å². The number of hydrogen-bond acceptors (Lipinski definition) is 0. The second-order valence-electron chi connectivity index (χ2n) is 6.02. The zero-order chi connectivity index (χ0) is 9.47. The fourth-order valence-electron chi connectivity index (χ4n) is 3.57. The molecule has 0 N–H and O–H groups in total. The minimum atomic E-state index is 0.680. The third-order valence-corrected chi connectivity index (χ3v) is 4.92. The van der Waals surface area contributed by atoms with E-state index in [1.165, 1.54) is 38.5 Å². The lowest BCUT2D eigenvalue weighted by Crippen LogP contribution is -2.19. The van der Waals surface area contributed by atoms with Crippen LogP contribution in [0.1, 0.15) is 59.3 Å². The summed E-state index contributed by atoms with van der Waals surface area (Å²) in [7, 11) is 0. The largest absolute Gasteiger partial charge is 0.0623 e. The molecule has 2 fully saturated rings. The molecule has 0 amide bonds. The molecule has 0 heteroatoms. The molecule has 0 radical (unpaired) electrons. The van der Waals surface area contributed by atoms with Gasteiger partial charge in [-0.2, -0.15) is 0 Å². The molecule has 0 spiro atoms. The van der Waals surface area contributed by atoms with Crippen LogP contribution in [0.2, 0.25) is 0 Å². The average molecular weight is 180 g/mol. The van der Waals surface area contributed by atoms with Gasteiger partial charge < -0.3 is 0 Å². The van der Waals surface area contributed by atoms with Crippen LogP contribution >= 0.6 is 0 Å². The van der Waals surface area contributed by atoms with Gasteiger partial charge in [-0.25, -0.2) is 0 Å². The van der Waals surface area contributed by atoms with Gasteiger partial charge in [0.1, 0.15) is 0 Å². The Hall–Kier alpha value is 0. The Bertz CT molecular complexity index is 166. The second-order valence-corrected chi connectivity index (χ2v) is 6.02. The fraction of sp³-hybridized carbons (Fsp3) is 1.00. The second kappa shape index (κ2) is 3.29. The van der Waals surface area contributed by atoms with Crippen molar-refractivity contribution in [1.82, 2.24) is 0 Å². The summed E-state index contributed by atoms with van der Waals surface area (Å²) in [6.45, 7) is 7.35. The van der Waals surface area contributed by atoms with Gasteiger partial charge in [0.15, 0.2) is 0 Å². The summed E-state index contributed by atoms with van der Waals surface area (Å²) >= 11 is 0. The van der Waals surface area contributed by atoms with Gasteiger partial charge in [-0.15, -0.1) is 0 Å². The minimum Gasteiger partial charge on any atom is -0.0623 e. The highest BCUT2D eigenvalue weighted by Gasteiger charge is 2.44. The molecule has 2 unspecified atom stereocenters. The lowest BCUT2D eigenvalue weighted by atomic mass is 9.77.